The van der Waals surface area contributed by atoms with Crippen LogP contribution in [-0.4, -0.2) is 12.6 Å². The van der Waals surface area contributed by atoms with E-state index in [1.165, 1.54) is 0 Å². The van der Waals surface area contributed by atoms with E-state index in [0.717, 1.165) is 10.9 Å². The van der Waals surface area contributed by atoms with Gasteiger partial charge in [-0.3, -0.25) is 4.79 Å². The lowest BCUT2D eigenvalue weighted by Gasteiger charge is -2.09. The molecule has 5 heteroatoms. The number of rotatable bonds is 3. The third kappa shape index (κ3) is 3.03. The minimum absolute atomic E-state index is 0.132. The topological polar surface area (TPSA) is 61.6 Å². The highest BCUT2D eigenvalue weighted by atomic mass is 79.9. The van der Waals surface area contributed by atoms with Crippen molar-refractivity contribution in [3.63, 3.8) is 0 Å². The summed E-state index contributed by atoms with van der Waals surface area (Å²) in [6.07, 6.45) is 10.4. The molecule has 0 aromatic heterocycles. The molecule has 4 nitrogen and oxygen atoms in total. The first kappa shape index (κ1) is 13.9. The number of allylic oxidation sites excluding steroid dienone is 6. The number of hydrogen-bond acceptors (Lipinski definition) is 4. The quantitative estimate of drug-likeness (QED) is 0.515. The van der Waals surface area contributed by atoms with Crippen molar-refractivity contribution in [2.24, 2.45) is 5.92 Å². The van der Waals surface area contributed by atoms with Crippen LogP contribution in [0.15, 0.2) is 47.0 Å². The average molecular weight is 348 g/mol. The molecule has 0 radical (unpaired) electrons. The third-order valence-electron chi connectivity index (χ3n) is 3.39. The monoisotopic (exact) mass is 347 g/mol. The van der Waals surface area contributed by atoms with Crippen LogP contribution in [0.25, 0.3) is 0 Å². The molecule has 1 heterocycles. The van der Waals surface area contributed by atoms with Crippen LogP contribution in [0.2, 0.25) is 0 Å². The zero-order chi connectivity index (χ0) is 14.8. The smallest absolute Gasteiger partial charge is 0.231 e. The van der Waals surface area contributed by atoms with E-state index in [9.17, 15) is 4.79 Å². The highest BCUT2D eigenvalue weighted by Gasteiger charge is 2.18. The first-order chi connectivity index (χ1) is 10.1. The minimum atomic E-state index is -0.132. The zero-order valence-electron chi connectivity index (χ0n) is 11.2. The average Bonchev–Trinajstić information content (AvgIpc) is 2.92. The molecule has 0 fully saturated rings. The zero-order valence-corrected chi connectivity index (χ0v) is 12.8. The number of fused-ring (bicyclic) bond motifs is 1. The Balaban J connectivity index is 1.75. The molecule has 2 aliphatic rings. The van der Waals surface area contributed by atoms with Crippen molar-refractivity contribution in [2.45, 2.75) is 6.42 Å². The molecule has 3 rings (SSSR count). The number of nitrogens with two attached hydrogens (primary N) is 1. The largest absolute Gasteiger partial charge is 0.454 e. The fourth-order valence-corrected chi connectivity index (χ4v) is 2.56. The van der Waals surface area contributed by atoms with E-state index in [2.05, 4.69) is 28.1 Å². The maximum Gasteiger partial charge on any atom is 0.231 e. The maximum atomic E-state index is 12.3. The number of carbonyl (C=O) groups is 1. The molecule has 1 atom stereocenters. The minimum Gasteiger partial charge on any atom is -0.454 e. The fourth-order valence-electron chi connectivity index (χ4n) is 2.23. The standard InChI is InChI=1S/C16H14BrNO3/c17-11-4-1-10(2-5-11)3-6-14(19)12-7-15-16(8-13(12)18)21-9-20-15/h1,3-8,10H,2,9,18H2. The van der Waals surface area contributed by atoms with Crippen molar-refractivity contribution in [3.8, 4) is 11.5 Å². The van der Waals surface area contributed by atoms with Gasteiger partial charge in [-0.1, -0.05) is 40.2 Å². The molecule has 1 unspecified atom stereocenters. The number of ketones is 1. The van der Waals surface area contributed by atoms with E-state index in [-0.39, 0.29) is 18.5 Å². The van der Waals surface area contributed by atoms with Gasteiger partial charge in [0.15, 0.2) is 17.3 Å². The molecule has 1 aromatic rings. The second kappa shape index (κ2) is 5.77. The fraction of sp³-hybridized carbons (Fsp3) is 0.188. The highest BCUT2D eigenvalue weighted by Crippen LogP contribution is 2.36. The van der Waals surface area contributed by atoms with Gasteiger partial charge in [-0.05, 0) is 24.5 Å². The van der Waals surface area contributed by atoms with Crippen molar-refractivity contribution in [1.82, 2.24) is 0 Å². The third-order valence-corrected chi connectivity index (χ3v) is 3.98. The van der Waals surface area contributed by atoms with Gasteiger partial charge in [-0.25, -0.2) is 0 Å². The van der Waals surface area contributed by atoms with Crippen LogP contribution in [0.5, 0.6) is 11.5 Å². The first-order valence-corrected chi connectivity index (χ1v) is 7.38. The number of benzene rings is 1. The Morgan fingerprint density at radius 1 is 1.33 bits per heavy atom. The number of anilines is 1. The molecular weight excluding hydrogens is 334 g/mol. The van der Waals surface area contributed by atoms with Gasteiger partial charge < -0.3 is 15.2 Å². The van der Waals surface area contributed by atoms with E-state index < -0.39 is 0 Å². The van der Waals surface area contributed by atoms with Crippen molar-refractivity contribution in [1.29, 1.82) is 0 Å². The van der Waals surface area contributed by atoms with Gasteiger partial charge in [0, 0.05) is 21.8 Å². The van der Waals surface area contributed by atoms with Crippen LogP contribution in [0.3, 0.4) is 0 Å². The number of hydrogen-bond donors (Lipinski definition) is 1. The summed E-state index contributed by atoms with van der Waals surface area (Å²) in [5, 5.41) is 0. The van der Waals surface area contributed by atoms with Crippen LogP contribution in [0.1, 0.15) is 16.8 Å². The maximum absolute atomic E-state index is 12.3. The van der Waals surface area contributed by atoms with Crippen LogP contribution < -0.4 is 15.2 Å². The highest BCUT2D eigenvalue weighted by molar-refractivity contribution is 9.11. The Hall–Kier alpha value is -2.01. The molecule has 0 bridgehead atoms. The van der Waals surface area contributed by atoms with Gasteiger partial charge in [0.25, 0.3) is 0 Å². The lowest BCUT2D eigenvalue weighted by Crippen LogP contribution is -2.02. The molecule has 0 spiro atoms. The summed E-state index contributed by atoms with van der Waals surface area (Å²) in [7, 11) is 0. The molecule has 0 saturated carbocycles. The Bertz CT molecular complexity index is 676. The molecule has 0 amide bonds. The molecule has 1 aliphatic carbocycles. The molecule has 1 aliphatic heterocycles. The van der Waals surface area contributed by atoms with Gasteiger partial charge >= 0.3 is 0 Å². The SMILES string of the molecule is Nc1cc2c(cc1C(=O)C=CC1C=CC(Br)=CC1)OCO2. The van der Waals surface area contributed by atoms with Gasteiger partial charge in [-0.2, -0.15) is 0 Å². The lowest BCUT2D eigenvalue weighted by atomic mass is 9.99. The first-order valence-electron chi connectivity index (χ1n) is 6.59. The Kier molecular flexibility index (Phi) is 3.84. The lowest BCUT2D eigenvalue weighted by molar-refractivity contribution is 0.104. The number of halogens is 1. The van der Waals surface area contributed by atoms with E-state index in [0.29, 0.717) is 22.7 Å². The van der Waals surface area contributed by atoms with E-state index in [4.69, 9.17) is 15.2 Å². The Labute approximate surface area is 131 Å². The van der Waals surface area contributed by atoms with E-state index >= 15 is 0 Å². The van der Waals surface area contributed by atoms with Gasteiger partial charge in [0.2, 0.25) is 6.79 Å². The second-order valence-electron chi connectivity index (χ2n) is 4.86. The predicted octanol–water partition coefficient (Wildman–Crippen LogP) is 3.59. The summed E-state index contributed by atoms with van der Waals surface area (Å²) >= 11 is 3.41. The summed E-state index contributed by atoms with van der Waals surface area (Å²) in [5.41, 5.74) is 6.74. The number of carbonyl (C=O) groups excluding carboxylic acids is 1. The normalized spacial score (nSPS) is 19.9. The van der Waals surface area contributed by atoms with Gasteiger partial charge in [-0.15, -0.1) is 0 Å². The van der Waals surface area contributed by atoms with Crippen molar-refractivity contribution in [3.05, 3.63) is 52.6 Å². The van der Waals surface area contributed by atoms with Crippen molar-refractivity contribution in [2.75, 3.05) is 12.5 Å². The van der Waals surface area contributed by atoms with Crippen LogP contribution in [0.4, 0.5) is 5.69 Å². The molecule has 21 heavy (non-hydrogen) atoms. The summed E-state index contributed by atoms with van der Waals surface area (Å²) < 4.78 is 11.6. The number of ether oxygens (including phenoxy) is 2. The summed E-state index contributed by atoms with van der Waals surface area (Å²) in [6.45, 7) is 0.163. The van der Waals surface area contributed by atoms with E-state index in [1.54, 1.807) is 18.2 Å². The number of nitrogen functional groups attached to an aromatic ring is 1. The van der Waals surface area contributed by atoms with Crippen LogP contribution in [0, 0.1) is 5.92 Å². The molecule has 108 valence electrons. The van der Waals surface area contributed by atoms with E-state index in [1.807, 2.05) is 12.2 Å². The summed E-state index contributed by atoms with van der Waals surface area (Å²) in [4.78, 5) is 12.3. The molecule has 0 saturated heterocycles. The molecule has 2 N–H and O–H groups in total. The van der Waals surface area contributed by atoms with Gasteiger partial charge in [0.1, 0.15) is 0 Å². The second-order valence-corrected chi connectivity index (χ2v) is 5.78. The summed E-state index contributed by atoms with van der Waals surface area (Å²) in [5.74, 6) is 1.24. The van der Waals surface area contributed by atoms with Crippen LogP contribution in [-0.2, 0) is 0 Å². The van der Waals surface area contributed by atoms with Crippen molar-refractivity contribution >= 4 is 27.4 Å². The van der Waals surface area contributed by atoms with Crippen molar-refractivity contribution < 1.29 is 14.3 Å². The predicted molar refractivity (Wildman–Crippen MR) is 84.7 cm³/mol. The Morgan fingerprint density at radius 3 is 2.81 bits per heavy atom. The molecular formula is C16H14BrNO3. The molecule has 1 aromatic carbocycles. The Morgan fingerprint density at radius 2 is 2.10 bits per heavy atom. The summed E-state index contributed by atoms with van der Waals surface area (Å²) in [6, 6.07) is 3.27. The van der Waals surface area contributed by atoms with Crippen LogP contribution >= 0.6 is 15.9 Å². The van der Waals surface area contributed by atoms with Gasteiger partial charge in [0.05, 0.1) is 0 Å².